The van der Waals surface area contributed by atoms with Gasteiger partial charge in [0.05, 0.1) is 13.3 Å². The zero-order valence-corrected chi connectivity index (χ0v) is 10.5. The van der Waals surface area contributed by atoms with Crippen LogP contribution in [0, 0.1) is 0 Å². The zero-order chi connectivity index (χ0) is 12.8. The van der Waals surface area contributed by atoms with E-state index in [0.717, 1.165) is 17.1 Å². The molecule has 1 aromatic carbocycles. The second-order valence-corrected chi connectivity index (χ2v) is 3.77. The van der Waals surface area contributed by atoms with Crippen molar-refractivity contribution >= 4 is 0 Å². The molecule has 0 saturated heterocycles. The SMILES string of the molecule is CNCc1cc(OC)ccc1OCc1ccno1. The number of hydrogen-bond acceptors (Lipinski definition) is 5. The molecule has 0 atom stereocenters. The number of benzene rings is 1. The summed E-state index contributed by atoms with van der Waals surface area (Å²) in [5.74, 6) is 2.31. The van der Waals surface area contributed by atoms with Crippen molar-refractivity contribution < 1.29 is 14.0 Å². The molecule has 18 heavy (non-hydrogen) atoms. The smallest absolute Gasteiger partial charge is 0.174 e. The predicted molar refractivity (Wildman–Crippen MR) is 66.6 cm³/mol. The monoisotopic (exact) mass is 248 g/mol. The highest BCUT2D eigenvalue weighted by molar-refractivity contribution is 5.40. The van der Waals surface area contributed by atoms with E-state index < -0.39 is 0 Å². The van der Waals surface area contributed by atoms with Gasteiger partial charge in [0.2, 0.25) is 0 Å². The Balaban J connectivity index is 2.10. The van der Waals surface area contributed by atoms with Crippen LogP contribution in [0.4, 0.5) is 0 Å². The van der Waals surface area contributed by atoms with E-state index in [1.54, 1.807) is 19.4 Å². The van der Waals surface area contributed by atoms with Crippen LogP contribution in [0.2, 0.25) is 0 Å². The molecular weight excluding hydrogens is 232 g/mol. The van der Waals surface area contributed by atoms with Crippen LogP contribution < -0.4 is 14.8 Å². The van der Waals surface area contributed by atoms with E-state index in [-0.39, 0.29) is 0 Å². The summed E-state index contributed by atoms with van der Waals surface area (Å²) in [7, 11) is 3.53. The molecule has 1 heterocycles. The van der Waals surface area contributed by atoms with Crippen LogP contribution in [-0.4, -0.2) is 19.3 Å². The fourth-order valence-corrected chi connectivity index (χ4v) is 1.62. The van der Waals surface area contributed by atoms with Crippen LogP contribution in [0.25, 0.3) is 0 Å². The summed E-state index contributed by atoms with van der Waals surface area (Å²) in [5, 5.41) is 6.73. The van der Waals surface area contributed by atoms with E-state index in [2.05, 4.69) is 10.5 Å². The molecule has 0 amide bonds. The lowest BCUT2D eigenvalue weighted by molar-refractivity contribution is 0.247. The van der Waals surface area contributed by atoms with E-state index in [0.29, 0.717) is 18.9 Å². The number of nitrogens with one attached hydrogen (secondary N) is 1. The third kappa shape index (κ3) is 3.01. The highest BCUT2D eigenvalue weighted by Gasteiger charge is 2.06. The van der Waals surface area contributed by atoms with Gasteiger partial charge in [-0.2, -0.15) is 0 Å². The molecule has 0 spiro atoms. The largest absolute Gasteiger partial charge is 0.497 e. The molecule has 2 rings (SSSR count). The Kier molecular flexibility index (Phi) is 4.20. The van der Waals surface area contributed by atoms with Crippen molar-refractivity contribution in [2.24, 2.45) is 0 Å². The van der Waals surface area contributed by atoms with Gasteiger partial charge in [0, 0.05) is 18.2 Å². The summed E-state index contributed by atoms with van der Waals surface area (Å²) >= 11 is 0. The molecule has 0 saturated carbocycles. The first-order chi connectivity index (χ1) is 8.83. The maximum Gasteiger partial charge on any atom is 0.174 e. The summed E-state index contributed by atoms with van der Waals surface area (Å²) in [4.78, 5) is 0. The fourth-order valence-electron chi connectivity index (χ4n) is 1.62. The third-order valence-electron chi connectivity index (χ3n) is 2.50. The number of hydrogen-bond donors (Lipinski definition) is 1. The molecule has 5 heteroatoms. The van der Waals surface area contributed by atoms with Crippen LogP contribution in [0.15, 0.2) is 35.0 Å². The molecular formula is C13H16N2O3. The Morgan fingerprint density at radius 1 is 1.33 bits per heavy atom. The second-order valence-electron chi connectivity index (χ2n) is 3.77. The normalized spacial score (nSPS) is 10.3. The molecule has 0 aliphatic rings. The van der Waals surface area contributed by atoms with Crippen LogP contribution >= 0.6 is 0 Å². The Morgan fingerprint density at radius 2 is 2.22 bits per heavy atom. The lowest BCUT2D eigenvalue weighted by atomic mass is 10.2. The first kappa shape index (κ1) is 12.4. The Bertz CT molecular complexity index is 483. The highest BCUT2D eigenvalue weighted by atomic mass is 16.5. The molecule has 1 N–H and O–H groups in total. The number of nitrogens with zero attached hydrogens (tertiary/aromatic N) is 1. The molecule has 0 aliphatic heterocycles. The van der Waals surface area contributed by atoms with Crippen molar-refractivity contribution in [3.05, 3.63) is 41.8 Å². The van der Waals surface area contributed by atoms with Crippen molar-refractivity contribution in [3.8, 4) is 11.5 Å². The Morgan fingerprint density at radius 3 is 2.89 bits per heavy atom. The van der Waals surface area contributed by atoms with E-state index in [9.17, 15) is 0 Å². The van der Waals surface area contributed by atoms with Crippen LogP contribution in [0.5, 0.6) is 11.5 Å². The molecule has 1 aromatic heterocycles. The molecule has 5 nitrogen and oxygen atoms in total. The summed E-state index contributed by atoms with van der Waals surface area (Å²) in [6, 6.07) is 7.49. The lowest BCUT2D eigenvalue weighted by Gasteiger charge is -2.11. The summed E-state index contributed by atoms with van der Waals surface area (Å²) in [6.07, 6.45) is 1.60. The molecule has 96 valence electrons. The molecule has 0 unspecified atom stereocenters. The molecule has 0 radical (unpaired) electrons. The number of ether oxygens (including phenoxy) is 2. The highest BCUT2D eigenvalue weighted by Crippen LogP contribution is 2.24. The van der Waals surface area contributed by atoms with E-state index >= 15 is 0 Å². The summed E-state index contributed by atoms with van der Waals surface area (Å²) < 4.78 is 15.9. The van der Waals surface area contributed by atoms with Gasteiger partial charge in [0.15, 0.2) is 5.76 Å². The minimum absolute atomic E-state index is 0.364. The molecule has 0 bridgehead atoms. The van der Waals surface area contributed by atoms with E-state index in [1.165, 1.54) is 0 Å². The number of rotatable bonds is 6. The van der Waals surface area contributed by atoms with Crippen molar-refractivity contribution in [2.45, 2.75) is 13.2 Å². The van der Waals surface area contributed by atoms with Gasteiger partial charge in [-0.25, -0.2) is 0 Å². The molecule has 0 fully saturated rings. The quantitative estimate of drug-likeness (QED) is 0.847. The van der Waals surface area contributed by atoms with E-state index in [4.69, 9.17) is 14.0 Å². The van der Waals surface area contributed by atoms with Crippen molar-refractivity contribution in [1.29, 1.82) is 0 Å². The van der Waals surface area contributed by atoms with Gasteiger partial charge >= 0.3 is 0 Å². The van der Waals surface area contributed by atoms with Crippen LogP contribution in [-0.2, 0) is 13.2 Å². The number of methoxy groups -OCH3 is 1. The maximum absolute atomic E-state index is 5.70. The summed E-state index contributed by atoms with van der Waals surface area (Å²) in [5.41, 5.74) is 1.04. The second kappa shape index (κ2) is 6.07. The van der Waals surface area contributed by atoms with Gasteiger partial charge in [0.1, 0.15) is 18.1 Å². The minimum atomic E-state index is 0.364. The standard InChI is InChI=1S/C13H16N2O3/c1-14-8-10-7-11(16-2)3-4-13(10)17-9-12-5-6-15-18-12/h3-7,14H,8-9H2,1-2H3. The molecule has 2 aromatic rings. The van der Waals surface area contributed by atoms with Gasteiger partial charge < -0.3 is 19.3 Å². The number of aromatic nitrogens is 1. The van der Waals surface area contributed by atoms with Crippen LogP contribution in [0.1, 0.15) is 11.3 Å². The topological polar surface area (TPSA) is 56.5 Å². The first-order valence-corrected chi connectivity index (χ1v) is 5.67. The maximum atomic E-state index is 5.70. The first-order valence-electron chi connectivity index (χ1n) is 5.67. The van der Waals surface area contributed by atoms with Gasteiger partial charge in [-0.3, -0.25) is 0 Å². The average molecular weight is 248 g/mol. The predicted octanol–water partition coefficient (Wildman–Crippen LogP) is 1.98. The summed E-state index contributed by atoms with van der Waals surface area (Å²) in [6.45, 7) is 1.08. The Hall–Kier alpha value is -2.01. The van der Waals surface area contributed by atoms with Gasteiger partial charge in [-0.1, -0.05) is 5.16 Å². The van der Waals surface area contributed by atoms with E-state index in [1.807, 2.05) is 25.2 Å². The van der Waals surface area contributed by atoms with Crippen molar-refractivity contribution in [2.75, 3.05) is 14.2 Å². The third-order valence-corrected chi connectivity index (χ3v) is 2.50. The molecule has 0 aliphatic carbocycles. The zero-order valence-electron chi connectivity index (χ0n) is 10.5. The van der Waals surface area contributed by atoms with Gasteiger partial charge in [0.25, 0.3) is 0 Å². The van der Waals surface area contributed by atoms with Gasteiger partial charge in [-0.15, -0.1) is 0 Å². The minimum Gasteiger partial charge on any atom is -0.497 e. The average Bonchev–Trinajstić information content (AvgIpc) is 2.90. The van der Waals surface area contributed by atoms with Crippen LogP contribution in [0.3, 0.4) is 0 Å². The lowest BCUT2D eigenvalue weighted by Crippen LogP contribution is -2.07. The fraction of sp³-hybridized carbons (Fsp3) is 0.308. The Labute approximate surface area is 106 Å². The van der Waals surface area contributed by atoms with Crippen molar-refractivity contribution in [3.63, 3.8) is 0 Å². The van der Waals surface area contributed by atoms with Crippen molar-refractivity contribution in [1.82, 2.24) is 10.5 Å². The van der Waals surface area contributed by atoms with Gasteiger partial charge in [-0.05, 0) is 25.2 Å².